The molecule has 1 aliphatic rings. The van der Waals surface area contributed by atoms with Gasteiger partial charge < -0.3 is 5.11 Å². The number of benzene rings is 1. The summed E-state index contributed by atoms with van der Waals surface area (Å²) in [5.41, 5.74) is 0.778. The minimum Gasteiger partial charge on any atom is -0.508 e. The van der Waals surface area contributed by atoms with Gasteiger partial charge in [0.25, 0.3) is 5.91 Å². The monoisotopic (exact) mass is 161 g/mol. The van der Waals surface area contributed by atoms with Crippen LogP contribution in [-0.4, -0.2) is 11.0 Å². The number of aromatic hydroxyl groups is 1. The second-order valence-corrected chi connectivity index (χ2v) is 2.54. The van der Waals surface area contributed by atoms with Crippen molar-refractivity contribution >= 4 is 11.6 Å². The summed E-state index contributed by atoms with van der Waals surface area (Å²) in [5.74, 6) is 0.177. The van der Waals surface area contributed by atoms with Crippen LogP contribution in [0.3, 0.4) is 0 Å². The summed E-state index contributed by atoms with van der Waals surface area (Å²) < 4.78 is 0. The second kappa shape index (κ2) is 2.37. The van der Waals surface area contributed by atoms with Gasteiger partial charge in [-0.2, -0.15) is 0 Å². The lowest BCUT2D eigenvalue weighted by Crippen LogP contribution is -2.30. The molecule has 1 aromatic rings. The van der Waals surface area contributed by atoms with Gasteiger partial charge in [-0.15, -0.1) is 0 Å². The number of phenolic OH excluding ortho intramolecular Hbond substituents is 1. The topological polar surface area (TPSA) is 40.5 Å². The van der Waals surface area contributed by atoms with Gasteiger partial charge in [0.15, 0.2) is 0 Å². The first-order valence-electron chi connectivity index (χ1n) is 3.58. The van der Waals surface area contributed by atoms with E-state index < -0.39 is 0 Å². The van der Waals surface area contributed by atoms with Crippen LogP contribution in [0.4, 0.5) is 5.69 Å². The summed E-state index contributed by atoms with van der Waals surface area (Å²) in [6.45, 7) is 0. The van der Waals surface area contributed by atoms with Crippen LogP contribution < -0.4 is 4.90 Å². The minimum atomic E-state index is -0.0271. The molecular weight excluding hydrogens is 154 g/mol. The van der Waals surface area contributed by atoms with Gasteiger partial charge in [-0.1, -0.05) is 0 Å². The Morgan fingerprint density at radius 2 is 1.83 bits per heavy atom. The fraction of sp³-hybridized carbons (Fsp3) is 0. The van der Waals surface area contributed by atoms with Gasteiger partial charge >= 0.3 is 0 Å². The molecule has 0 unspecified atom stereocenters. The Balaban J connectivity index is 2.30. The molecule has 12 heavy (non-hydrogen) atoms. The average molecular weight is 161 g/mol. The predicted octanol–water partition coefficient (Wildman–Crippen LogP) is 1.25. The number of nitrogens with zero attached hydrogens (tertiary/aromatic N) is 1. The lowest BCUT2D eigenvalue weighted by Gasteiger charge is -2.22. The summed E-state index contributed by atoms with van der Waals surface area (Å²) in [4.78, 5) is 12.4. The molecule has 0 atom stereocenters. The third-order valence-corrected chi connectivity index (χ3v) is 1.73. The molecule has 1 amide bonds. The van der Waals surface area contributed by atoms with E-state index in [1.165, 1.54) is 11.0 Å². The van der Waals surface area contributed by atoms with Crippen LogP contribution in [-0.2, 0) is 4.79 Å². The molecule has 1 N–H and O–H groups in total. The Hall–Kier alpha value is -1.77. The molecule has 3 heteroatoms. The first-order chi connectivity index (χ1) is 5.77. The van der Waals surface area contributed by atoms with Crippen molar-refractivity contribution in [3.05, 3.63) is 36.5 Å². The van der Waals surface area contributed by atoms with Crippen molar-refractivity contribution in [3.8, 4) is 5.75 Å². The molecular formula is C9H7NO2. The number of amides is 1. The molecule has 60 valence electrons. The van der Waals surface area contributed by atoms with Gasteiger partial charge in [0, 0.05) is 18.0 Å². The van der Waals surface area contributed by atoms with E-state index in [9.17, 15) is 4.79 Å². The number of hydrogen-bond donors (Lipinski definition) is 1. The average Bonchev–Trinajstić information content (AvgIpc) is 2.06. The minimum absolute atomic E-state index is 0.0271. The van der Waals surface area contributed by atoms with Crippen molar-refractivity contribution in [2.24, 2.45) is 0 Å². The quantitative estimate of drug-likeness (QED) is 0.673. The maximum Gasteiger partial charge on any atom is 0.256 e. The highest BCUT2D eigenvalue weighted by atomic mass is 16.3. The first kappa shape index (κ1) is 6.91. The molecule has 3 nitrogen and oxygen atoms in total. The number of hydrogen-bond acceptors (Lipinski definition) is 2. The Morgan fingerprint density at radius 3 is 2.25 bits per heavy atom. The highest BCUT2D eigenvalue weighted by Crippen LogP contribution is 2.22. The van der Waals surface area contributed by atoms with Gasteiger partial charge in [-0.3, -0.25) is 9.69 Å². The molecule has 0 saturated heterocycles. The summed E-state index contributed by atoms with van der Waals surface area (Å²) in [5, 5.41) is 8.97. The van der Waals surface area contributed by atoms with E-state index >= 15 is 0 Å². The van der Waals surface area contributed by atoms with Crippen LogP contribution in [0.15, 0.2) is 36.5 Å². The van der Waals surface area contributed by atoms with Gasteiger partial charge in [0.05, 0.1) is 0 Å². The van der Waals surface area contributed by atoms with E-state index in [-0.39, 0.29) is 11.7 Å². The third kappa shape index (κ3) is 0.955. The van der Waals surface area contributed by atoms with Gasteiger partial charge in [0.2, 0.25) is 0 Å². The Labute approximate surface area is 69.5 Å². The number of phenols is 1. The Morgan fingerprint density at radius 1 is 1.17 bits per heavy atom. The number of carbonyl (C=O) groups is 1. The zero-order valence-corrected chi connectivity index (χ0v) is 6.27. The predicted molar refractivity (Wildman–Crippen MR) is 44.7 cm³/mol. The van der Waals surface area contributed by atoms with E-state index in [2.05, 4.69) is 0 Å². The van der Waals surface area contributed by atoms with Crippen molar-refractivity contribution in [2.45, 2.75) is 0 Å². The third-order valence-electron chi connectivity index (χ3n) is 1.73. The maximum atomic E-state index is 10.9. The molecule has 0 aliphatic carbocycles. The van der Waals surface area contributed by atoms with Crippen LogP contribution >= 0.6 is 0 Å². The van der Waals surface area contributed by atoms with Crippen molar-refractivity contribution in [1.82, 2.24) is 0 Å². The summed E-state index contributed by atoms with van der Waals surface area (Å²) in [6.07, 6.45) is 3.18. The summed E-state index contributed by atoms with van der Waals surface area (Å²) in [6, 6.07) is 6.48. The largest absolute Gasteiger partial charge is 0.508 e. The van der Waals surface area contributed by atoms with Gasteiger partial charge in [-0.05, 0) is 24.3 Å². The van der Waals surface area contributed by atoms with Crippen LogP contribution in [0.1, 0.15) is 0 Å². The van der Waals surface area contributed by atoms with E-state index in [1.807, 2.05) is 0 Å². The highest BCUT2D eigenvalue weighted by Gasteiger charge is 2.17. The molecule has 1 aliphatic heterocycles. The van der Waals surface area contributed by atoms with Crippen molar-refractivity contribution in [3.63, 3.8) is 0 Å². The smallest absolute Gasteiger partial charge is 0.256 e. The molecule has 1 aromatic carbocycles. The lowest BCUT2D eigenvalue weighted by atomic mass is 10.2. The van der Waals surface area contributed by atoms with Crippen LogP contribution in [0.25, 0.3) is 0 Å². The van der Waals surface area contributed by atoms with Crippen molar-refractivity contribution < 1.29 is 9.90 Å². The maximum absolute atomic E-state index is 10.9. The standard InChI is InChI=1S/C9H7NO2/c11-8-3-1-7(2-4-8)10-6-5-9(10)12/h1-6,11H. The summed E-state index contributed by atoms with van der Waals surface area (Å²) >= 11 is 0. The molecule has 0 bridgehead atoms. The van der Waals surface area contributed by atoms with Crippen LogP contribution in [0.2, 0.25) is 0 Å². The zero-order chi connectivity index (χ0) is 8.55. The van der Waals surface area contributed by atoms with Crippen LogP contribution in [0.5, 0.6) is 5.75 Å². The van der Waals surface area contributed by atoms with Crippen molar-refractivity contribution in [1.29, 1.82) is 0 Å². The van der Waals surface area contributed by atoms with E-state index in [0.717, 1.165) is 5.69 Å². The molecule has 0 fully saturated rings. The molecule has 0 spiro atoms. The van der Waals surface area contributed by atoms with Crippen molar-refractivity contribution in [2.75, 3.05) is 4.90 Å². The highest BCUT2D eigenvalue weighted by molar-refractivity contribution is 6.09. The second-order valence-electron chi connectivity index (χ2n) is 2.54. The normalized spacial score (nSPS) is 14.7. The molecule has 1 heterocycles. The van der Waals surface area contributed by atoms with E-state index in [4.69, 9.17) is 5.11 Å². The van der Waals surface area contributed by atoms with Crippen LogP contribution in [0, 0.1) is 0 Å². The number of carbonyl (C=O) groups excluding carboxylic acids is 1. The Bertz CT molecular complexity index is 340. The Kier molecular flexibility index (Phi) is 1.37. The zero-order valence-electron chi connectivity index (χ0n) is 6.27. The fourth-order valence-electron chi connectivity index (χ4n) is 1.04. The van der Waals surface area contributed by atoms with E-state index in [1.54, 1.807) is 30.5 Å². The first-order valence-corrected chi connectivity index (χ1v) is 3.58. The molecule has 0 aromatic heterocycles. The summed E-state index contributed by atoms with van der Waals surface area (Å²) in [7, 11) is 0. The van der Waals surface area contributed by atoms with Gasteiger partial charge in [-0.25, -0.2) is 0 Å². The fourth-order valence-corrected chi connectivity index (χ4v) is 1.04. The number of rotatable bonds is 1. The number of anilines is 1. The van der Waals surface area contributed by atoms with E-state index in [0.29, 0.717) is 0 Å². The van der Waals surface area contributed by atoms with Gasteiger partial charge in [0.1, 0.15) is 5.75 Å². The molecule has 2 rings (SSSR count). The molecule has 0 saturated carbocycles. The molecule has 0 radical (unpaired) electrons. The lowest BCUT2D eigenvalue weighted by molar-refractivity contribution is -0.114. The SMILES string of the molecule is O=C1C=CN1c1ccc(O)cc1.